The maximum absolute atomic E-state index is 15.0. The lowest BCUT2D eigenvalue weighted by Gasteiger charge is -2.28. The predicted octanol–water partition coefficient (Wildman–Crippen LogP) is 1.93. The molecule has 0 radical (unpaired) electrons. The summed E-state index contributed by atoms with van der Waals surface area (Å²) in [6.45, 7) is 6.37. The molecule has 10 nitrogen and oxygen atoms in total. The first kappa shape index (κ1) is 29.2. The van der Waals surface area contributed by atoms with Crippen molar-refractivity contribution in [2.45, 2.75) is 33.4 Å². The number of piperazine rings is 1. The van der Waals surface area contributed by atoms with Gasteiger partial charge in [-0.15, -0.1) is 0 Å². The minimum absolute atomic E-state index is 0.00843. The summed E-state index contributed by atoms with van der Waals surface area (Å²) < 4.78 is 51.6. The average molecular weight is 551 g/mol. The number of hydrogen-bond acceptors (Lipinski definition) is 8. The van der Waals surface area contributed by atoms with Crippen molar-refractivity contribution in [1.29, 1.82) is 0 Å². The zero-order valence-electron chi connectivity index (χ0n) is 21.5. The number of rotatable bonds is 11. The Morgan fingerprint density at radius 3 is 2.55 bits per heavy atom. The van der Waals surface area contributed by atoms with E-state index in [9.17, 15) is 22.8 Å². The van der Waals surface area contributed by atoms with Crippen LogP contribution in [0.25, 0.3) is 0 Å². The lowest BCUT2D eigenvalue weighted by Crippen LogP contribution is -2.42. The van der Waals surface area contributed by atoms with Crippen LogP contribution in [0.1, 0.15) is 37.0 Å². The molecule has 0 amide bonds. The fourth-order valence-corrected chi connectivity index (χ4v) is 5.01. The SMILES string of the molecule is CCS(=O)(=O)N(Cc1ccc(C(=[OH+])OCCC(=O)OC(C)=O)cc1F)c1cccc(CN2CCNCC2)c1. The second-order valence-corrected chi connectivity index (χ2v) is 11.0. The smallest absolute Gasteiger partial charge is 0.393 e. The Balaban J connectivity index is 1.73. The van der Waals surface area contributed by atoms with E-state index in [4.69, 9.17) is 4.74 Å². The molecular weight excluding hydrogens is 517 g/mol. The second kappa shape index (κ2) is 13.4. The molecule has 0 saturated carbocycles. The molecule has 206 valence electrons. The summed E-state index contributed by atoms with van der Waals surface area (Å²) in [5, 5.41) is 3.30. The summed E-state index contributed by atoms with van der Waals surface area (Å²) in [5.41, 5.74) is 1.52. The number of anilines is 1. The Bertz CT molecular complexity index is 1260. The van der Waals surface area contributed by atoms with Gasteiger partial charge in [0, 0.05) is 45.2 Å². The van der Waals surface area contributed by atoms with Crippen molar-refractivity contribution in [3.63, 3.8) is 0 Å². The number of ether oxygens (including phenoxy) is 2. The molecule has 3 rings (SSSR count). The first-order valence-electron chi connectivity index (χ1n) is 12.3. The summed E-state index contributed by atoms with van der Waals surface area (Å²) in [6, 6.07) is 11.0. The normalized spacial score (nSPS) is 14.1. The number of benzene rings is 2. The van der Waals surface area contributed by atoms with Gasteiger partial charge in [0.1, 0.15) is 17.8 Å². The van der Waals surface area contributed by atoms with Crippen LogP contribution in [0, 0.1) is 5.82 Å². The molecule has 1 fully saturated rings. The number of halogens is 1. The molecule has 0 atom stereocenters. The van der Waals surface area contributed by atoms with Crippen LogP contribution in [0.5, 0.6) is 0 Å². The topological polar surface area (TPSA) is 127 Å². The highest BCUT2D eigenvalue weighted by atomic mass is 32.2. The number of nitrogens with zero attached hydrogens (tertiary/aromatic N) is 2. The maximum Gasteiger partial charge on any atom is 0.517 e. The Kier molecular flexibility index (Phi) is 10.3. The van der Waals surface area contributed by atoms with Crippen LogP contribution >= 0.6 is 0 Å². The molecule has 0 unspecified atom stereocenters. The van der Waals surface area contributed by atoms with Gasteiger partial charge in [0.15, 0.2) is 6.61 Å². The van der Waals surface area contributed by atoms with E-state index in [2.05, 4.69) is 15.0 Å². The van der Waals surface area contributed by atoms with Crippen LogP contribution in [0.4, 0.5) is 10.1 Å². The van der Waals surface area contributed by atoms with E-state index in [0.29, 0.717) is 12.2 Å². The first-order valence-corrected chi connectivity index (χ1v) is 13.9. The van der Waals surface area contributed by atoms with Crippen LogP contribution in [0.3, 0.4) is 0 Å². The van der Waals surface area contributed by atoms with E-state index in [1.807, 2.05) is 12.1 Å². The van der Waals surface area contributed by atoms with Gasteiger partial charge in [-0.1, -0.05) is 18.2 Å². The molecule has 0 spiro atoms. The number of hydrogen-bond donors (Lipinski definition) is 1. The molecule has 1 heterocycles. The fourth-order valence-electron chi connectivity index (χ4n) is 3.93. The Morgan fingerprint density at radius 2 is 1.89 bits per heavy atom. The van der Waals surface area contributed by atoms with E-state index in [1.165, 1.54) is 23.4 Å². The van der Waals surface area contributed by atoms with Gasteiger partial charge in [-0.25, -0.2) is 12.8 Å². The van der Waals surface area contributed by atoms with Gasteiger partial charge in [0.05, 0.1) is 18.0 Å². The zero-order chi connectivity index (χ0) is 27.7. The van der Waals surface area contributed by atoms with Gasteiger partial charge in [-0.3, -0.25) is 18.8 Å². The standard InChI is InChI=1S/C26H32FN3O7S/c1-3-38(34,35)30(23-6-4-5-20(15-23)17-29-12-10-28-11-13-29)18-22-8-7-21(16-24(22)27)26(33)36-14-9-25(32)37-19(2)31/h4-8,15-16,28H,3,9-14,17-18H2,1-2H3/p+1. The molecule has 1 aliphatic rings. The maximum atomic E-state index is 15.0. The highest BCUT2D eigenvalue weighted by molar-refractivity contribution is 7.92. The number of nitrogens with one attached hydrogen (secondary N) is 1. The van der Waals surface area contributed by atoms with Gasteiger partial charge in [-0.2, -0.15) is 0 Å². The summed E-state index contributed by atoms with van der Waals surface area (Å²) >= 11 is 0. The van der Waals surface area contributed by atoms with Crippen molar-refractivity contribution in [3.8, 4) is 0 Å². The van der Waals surface area contributed by atoms with Crippen LogP contribution in [-0.4, -0.2) is 74.6 Å². The van der Waals surface area contributed by atoms with Gasteiger partial charge in [0.2, 0.25) is 10.0 Å². The minimum Gasteiger partial charge on any atom is -0.393 e. The van der Waals surface area contributed by atoms with E-state index < -0.39 is 33.7 Å². The molecule has 0 bridgehead atoms. The number of esters is 3. The number of sulfonamides is 1. The summed E-state index contributed by atoms with van der Waals surface area (Å²) in [5.74, 6) is -3.10. The van der Waals surface area contributed by atoms with Crippen LogP contribution in [0.2, 0.25) is 0 Å². The molecule has 2 aromatic rings. The molecule has 2 N–H and O–H groups in total. The summed E-state index contributed by atoms with van der Waals surface area (Å²) in [4.78, 5) is 34.5. The Labute approximate surface area is 221 Å². The van der Waals surface area contributed by atoms with Crippen LogP contribution in [-0.2, 0) is 42.2 Å². The number of carbonyl (C=O) groups excluding carboxylic acids is 3. The highest BCUT2D eigenvalue weighted by Crippen LogP contribution is 2.25. The van der Waals surface area contributed by atoms with Crippen molar-refractivity contribution in [2.75, 3.05) is 42.8 Å². The molecule has 12 heteroatoms. The molecule has 1 aliphatic heterocycles. The van der Waals surface area contributed by atoms with Crippen molar-refractivity contribution in [1.82, 2.24) is 10.2 Å². The summed E-state index contributed by atoms with van der Waals surface area (Å²) in [7, 11) is -3.74. The third kappa shape index (κ3) is 8.33. The molecule has 0 aliphatic carbocycles. The van der Waals surface area contributed by atoms with Gasteiger partial charge in [-0.05, 0) is 36.8 Å². The zero-order valence-corrected chi connectivity index (χ0v) is 22.3. The Morgan fingerprint density at radius 1 is 1.16 bits per heavy atom. The van der Waals surface area contributed by atoms with E-state index in [1.54, 1.807) is 12.1 Å². The predicted molar refractivity (Wildman–Crippen MR) is 140 cm³/mol. The van der Waals surface area contributed by atoms with Gasteiger partial charge < -0.3 is 19.6 Å². The molecule has 1 saturated heterocycles. The summed E-state index contributed by atoms with van der Waals surface area (Å²) in [6.07, 6.45) is -0.290. The van der Waals surface area contributed by atoms with Crippen molar-refractivity contribution in [3.05, 3.63) is 65.0 Å². The van der Waals surface area contributed by atoms with E-state index in [0.717, 1.165) is 44.7 Å². The third-order valence-electron chi connectivity index (χ3n) is 5.93. The number of carbonyl (C=O) groups is 2. The van der Waals surface area contributed by atoms with Crippen LogP contribution in [0.15, 0.2) is 42.5 Å². The average Bonchev–Trinajstić information content (AvgIpc) is 2.88. The first-order chi connectivity index (χ1) is 18.1. The third-order valence-corrected chi connectivity index (χ3v) is 7.67. The molecule has 38 heavy (non-hydrogen) atoms. The highest BCUT2D eigenvalue weighted by Gasteiger charge is 2.25. The second-order valence-electron chi connectivity index (χ2n) is 8.78. The van der Waals surface area contributed by atoms with Gasteiger partial charge >= 0.3 is 17.9 Å². The van der Waals surface area contributed by atoms with E-state index >= 15 is 4.39 Å². The quantitative estimate of drug-likeness (QED) is 0.256. The van der Waals surface area contributed by atoms with Crippen molar-refractivity contribution in [2.24, 2.45) is 0 Å². The lowest BCUT2D eigenvalue weighted by atomic mass is 10.1. The lowest BCUT2D eigenvalue weighted by molar-refractivity contribution is -0.158. The fraction of sp³-hybridized carbons (Fsp3) is 0.423. The minimum atomic E-state index is -3.74. The monoisotopic (exact) mass is 550 g/mol. The molecule has 0 aromatic heterocycles. The van der Waals surface area contributed by atoms with E-state index in [-0.39, 0.29) is 36.5 Å². The van der Waals surface area contributed by atoms with Gasteiger partial charge in [0.25, 0.3) is 0 Å². The Hall–Kier alpha value is -3.35. The molecule has 2 aromatic carbocycles. The van der Waals surface area contributed by atoms with Crippen molar-refractivity contribution >= 4 is 33.6 Å². The van der Waals surface area contributed by atoms with Crippen molar-refractivity contribution < 1.29 is 36.7 Å². The van der Waals surface area contributed by atoms with Crippen LogP contribution < -0.4 is 9.62 Å². The molecular formula is C26H33FN3O7S+. The largest absolute Gasteiger partial charge is 0.517 e.